The highest BCUT2D eigenvalue weighted by atomic mass is 79.9. The number of hydrogen-bond donors (Lipinski definition) is 0. The molecule has 82 valence electrons. The fourth-order valence-electron chi connectivity index (χ4n) is 2.91. The van der Waals surface area contributed by atoms with E-state index in [0.29, 0.717) is 0 Å². The molecule has 0 aromatic heterocycles. The summed E-state index contributed by atoms with van der Waals surface area (Å²) in [6.07, 6.45) is 7.05. The first kappa shape index (κ1) is 11.2. The summed E-state index contributed by atoms with van der Waals surface area (Å²) in [6.45, 7) is 2.32. The van der Waals surface area contributed by atoms with Gasteiger partial charge < -0.3 is 0 Å². The van der Waals surface area contributed by atoms with Gasteiger partial charge in [-0.05, 0) is 48.8 Å². The Labute approximate surface area is 101 Å². The molecule has 1 aliphatic carbocycles. The van der Waals surface area contributed by atoms with Gasteiger partial charge in [0.15, 0.2) is 0 Å². The van der Waals surface area contributed by atoms with Gasteiger partial charge in [0.2, 0.25) is 0 Å². The lowest BCUT2D eigenvalue weighted by molar-refractivity contribution is 0.424. The first-order valence-corrected chi connectivity index (χ1v) is 6.86. The second-order valence-corrected chi connectivity index (χ2v) is 5.53. The van der Waals surface area contributed by atoms with Crippen molar-refractivity contribution < 1.29 is 0 Å². The van der Waals surface area contributed by atoms with Gasteiger partial charge in [0.05, 0.1) is 0 Å². The maximum Gasteiger partial charge on any atom is 0.0175 e. The van der Waals surface area contributed by atoms with Crippen molar-refractivity contribution >= 4 is 15.9 Å². The van der Waals surface area contributed by atoms with Crippen LogP contribution in [0.3, 0.4) is 0 Å². The summed E-state index contributed by atoms with van der Waals surface area (Å²) in [5.74, 6) is 1.73. The van der Waals surface area contributed by atoms with E-state index in [4.69, 9.17) is 0 Å². The van der Waals surface area contributed by atoms with Crippen LogP contribution in [0.15, 0.2) is 28.7 Å². The van der Waals surface area contributed by atoms with E-state index in [-0.39, 0.29) is 0 Å². The molecule has 0 N–H and O–H groups in total. The fourth-order valence-corrected chi connectivity index (χ4v) is 3.18. The highest BCUT2D eigenvalue weighted by Crippen LogP contribution is 2.39. The zero-order valence-electron chi connectivity index (χ0n) is 9.38. The molecule has 1 atom stereocenters. The average molecular weight is 267 g/mol. The third-order valence-corrected chi connectivity index (χ3v) is 4.24. The summed E-state index contributed by atoms with van der Waals surface area (Å²) in [4.78, 5) is 0. The van der Waals surface area contributed by atoms with E-state index in [9.17, 15) is 0 Å². The summed E-state index contributed by atoms with van der Waals surface area (Å²) >= 11 is 3.50. The molecule has 1 aromatic carbocycles. The van der Waals surface area contributed by atoms with Crippen molar-refractivity contribution in [3.05, 3.63) is 34.3 Å². The zero-order chi connectivity index (χ0) is 10.7. The summed E-state index contributed by atoms with van der Waals surface area (Å²) in [5.41, 5.74) is 1.53. The van der Waals surface area contributed by atoms with Crippen molar-refractivity contribution in [3.63, 3.8) is 0 Å². The molecule has 1 fully saturated rings. The molecule has 1 saturated carbocycles. The van der Waals surface area contributed by atoms with Gasteiger partial charge in [0.25, 0.3) is 0 Å². The van der Waals surface area contributed by atoms with Crippen molar-refractivity contribution in [3.8, 4) is 0 Å². The van der Waals surface area contributed by atoms with Crippen LogP contribution in [0.2, 0.25) is 0 Å². The average Bonchev–Trinajstić information content (AvgIpc) is 2.75. The molecule has 2 rings (SSSR count). The van der Waals surface area contributed by atoms with Crippen LogP contribution in [0.1, 0.15) is 50.5 Å². The van der Waals surface area contributed by atoms with Gasteiger partial charge in [-0.25, -0.2) is 0 Å². The standard InChI is InChI=1S/C14H19Br/c1-2-14(11-5-3-4-6-11)12-7-9-13(15)10-8-12/h7-11,14H,2-6H2,1H3/t14-/m0/s1. The molecule has 0 nitrogen and oxygen atoms in total. The minimum atomic E-state index is 0.792. The first-order chi connectivity index (χ1) is 7.31. The van der Waals surface area contributed by atoms with Crippen LogP contribution in [-0.2, 0) is 0 Å². The van der Waals surface area contributed by atoms with Gasteiger partial charge in [-0.1, -0.05) is 47.8 Å². The van der Waals surface area contributed by atoms with Gasteiger partial charge in [-0.15, -0.1) is 0 Å². The Morgan fingerprint density at radius 1 is 1.20 bits per heavy atom. The Hall–Kier alpha value is -0.300. The van der Waals surface area contributed by atoms with Crippen LogP contribution >= 0.6 is 15.9 Å². The molecule has 0 spiro atoms. The van der Waals surface area contributed by atoms with E-state index in [1.54, 1.807) is 0 Å². The Kier molecular flexibility index (Phi) is 3.85. The van der Waals surface area contributed by atoms with E-state index >= 15 is 0 Å². The van der Waals surface area contributed by atoms with E-state index < -0.39 is 0 Å². The van der Waals surface area contributed by atoms with Gasteiger partial charge in [-0.3, -0.25) is 0 Å². The van der Waals surface area contributed by atoms with Crippen LogP contribution in [0.4, 0.5) is 0 Å². The third-order valence-electron chi connectivity index (χ3n) is 3.71. The second kappa shape index (κ2) is 5.16. The molecule has 1 heteroatoms. The maximum absolute atomic E-state index is 3.50. The number of benzene rings is 1. The van der Waals surface area contributed by atoms with E-state index in [1.165, 1.54) is 42.1 Å². The van der Waals surface area contributed by atoms with Crippen LogP contribution in [0.5, 0.6) is 0 Å². The Bertz CT molecular complexity index is 296. The summed E-state index contributed by atoms with van der Waals surface area (Å²) in [6, 6.07) is 8.92. The predicted molar refractivity (Wildman–Crippen MR) is 69.1 cm³/mol. The van der Waals surface area contributed by atoms with Crippen LogP contribution in [0, 0.1) is 5.92 Å². The lowest BCUT2D eigenvalue weighted by Crippen LogP contribution is -2.08. The quantitative estimate of drug-likeness (QED) is 0.711. The Morgan fingerprint density at radius 2 is 1.80 bits per heavy atom. The minimum absolute atomic E-state index is 0.792. The van der Waals surface area contributed by atoms with Gasteiger partial charge in [-0.2, -0.15) is 0 Å². The predicted octanol–water partition coefficient (Wildman–Crippen LogP) is 5.13. The van der Waals surface area contributed by atoms with Crippen molar-refractivity contribution in [1.29, 1.82) is 0 Å². The molecular weight excluding hydrogens is 248 g/mol. The molecular formula is C14H19Br. The highest BCUT2D eigenvalue weighted by Gasteiger charge is 2.24. The van der Waals surface area contributed by atoms with Crippen molar-refractivity contribution in [2.24, 2.45) is 5.92 Å². The molecule has 15 heavy (non-hydrogen) atoms. The largest absolute Gasteiger partial charge is 0.0648 e. The van der Waals surface area contributed by atoms with Crippen LogP contribution in [0.25, 0.3) is 0 Å². The van der Waals surface area contributed by atoms with Crippen molar-refractivity contribution in [2.75, 3.05) is 0 Å². The lowest BCUT2D eigenvalue weighted by atomic mass is 9.83. The van der Waals surface area contributed by atoms with Crippen LogP contribution in [-0.4, -0.2) is 0 Å². The SMILES string of the molecule is CC[C@H](c1ccc(Br)cc1)C1CCCC1. The van der Waals surface area contributed by atoms with Gasteiger partial charge in [0, 0.05) is 4.47 Å². The topological polar surface area (TPSA) is 0 Å². The maximum atomic E-state index is 3.50. The van der Waals surface area contributed by atoms with E-state index in [1.807, 2.05) is 0 Å². The molecule has 0 amide bonds. The first-order valence-electron chi connectivity index (χ1n) is 6.06. The monoisotopic (exact) mass is 266 g/mol. The minimum Gasteiger partial charge on any atom is -0.0648 e. The highest BCUT2D eigenvalue weighted by molar-refractivity contribution is 9.10. The smallest absolute Gasteiger partial charge is 0.0175 e. The number of halogens is 1. The normalized spacial score (nSPS) is 19.3. The summed E-state index contributed by atoms with van der Waals surface area (Å²) < 4.78 is 1.19. The molecule has 1 aromatic rings. The molecule has 0 unspecified atom stereocenters. The van der Waals surface area contributed by atoms with Crippen molar-refractivity contribution in [1.82, 2.24) is 0 Å². The molecule has 0 aliphatic heterocycles. The summed E-state index contributed by atoms with van der Waals surface area (Å²) in [7, 11) is 0. The number of rotatable bonds is 3. The second-order valence-electron chi connectivity index (χ2n) is 4.61. The van der Waals surface area contributed by atoms with E-state index in [2.05, 4.69) is 47.1 Å². The van der Waals surface area contributed by atoms with Crippen LogP contribution < -0.4 is 0 Å². The lowest BCUT2D eigenvalue weighted by Gasteiger charge is -2.22. The Balaban J connectivity index is 2.14. The van der Waals surface area contributed by atoms with E-state index in [0.717, 1.165) is 11.8 Å². The van der Waals surface area contributed by atoms with Crippen molar-refractivity contribution in [2.45, 2.75) is 44.9 Å². The van der Waals surface area contributed by atoms with Gasteiger partial charge >= 0.3 is 0 Å². The van der Waals surface area contributed by atoms with Gasteiger partial charge in [0.1, 0.15) is 0 Å². The summed E-state index contributed by atoms with van der Waals surface area (Å²) in [5, 5.41) is 0. The third kappa shape index (κ3) is 2.63. The molecule has 0 bridgehead atoms. The Morgan fingerprint density at radius 3 is 2.33 bits per heavy atom. The molecule has 0 heterocycles. The molecule has 0 saturated heterocycles. The fraction of sp³-hybridized carbons (Fsp3) is 0.571. The molecule has 1 aliphatic rings. The number of hydrogen-bond acceptors (Lipinski definition) is 0. The molecule has 0 radical (unpaired) electrons. The zero-order valence-corrected chi connectivity index (χ0v) is 11.0.